The van der Waals surface area contributed by atoms with Crippen LogP contribution < -0.4 is 11.5 Å². The molecular weight excluding hydrogens is 192 g/mol. The van der Waals surface area contributed by atoms with Gasteiger partial charge in [-0.25, -0.2) is 4.98 Å². The van der Waals surface area contributed by atoms with Crippen LogP contribution in [0.15, 0.2) is 30.3 Å². The summed E-state index contributed by atoms with van der Waals surface area (Å²) in [4.78, 5) is 7.81. The number of benzene rings is 1. The molecule has 0 aliphatic rings. The summed E-state index contributed by atoms with van der Waals surface area (Å²) >= 11 is 0. The van der Waals surface area contributed by atoms with Crippen molar-refractivity contribution < 1.29 is 5.11 Å². The average Bonchev–Trinajstić information content (AvgIpc) is 2.17. The molecule has 0 spiro atoms. The van der Waals surface area contributed by atoms with Gasteiger partial charge >= 0.3 is 0 Å². The van der Waals surface area contributed by atoms with Crippen molar-refractivity contribution in [3.8, 4) is 17.0 Å². The molecule has 5 heteroatoms. The van der Waals surface area contributed by atoms with Crippen LogP contribution in [0, 0.1) is 0 Å². The van der Waals surface area contributed by atoms with Gasteiger partial charge in [0.2, 0.25) is 5.95 Å². The van der Waals surface area contributed by atoms with E-state index in [-0.39, 0.29) is 11.7 Å². The highest BCUT2D eigenvalue weighted by molar-refractivity contribution is 5.63. The molecular formula is C10H10N4O. The topological polar surface area (TPSA) is 98.0 Å². The van der Waals surface area contributed by atoms with Gasteiger partial charge < -0.3 is 16.6 Å². The molecule has 5 nitrogen and oxygen atoms in total. The SMILES string of the molecule is Nc1cc(-c2ccc(O)cc2)nc(N)n1. The van der Waals surface area contributed by atoms with E-state index in [0.29, 0.717) is 11.5 Å². The predicted molar refractivity (Wildman–Crippen MR) is 58.0 cm³/mol. The average molecular weight is 202 g/mol. The van der Waals surface area contributed by atoms with Crippen molar-refractivity contribution in [1.82, 2.24) is 9.97 Å². The summed E-state index contributed by atoms with van der Waals surface area (Å²) in [7, 11) is 0. The lowest BCUT2D eigenvalue weighted by Gasteiger charge is -2.03. The molecule has 0 aliphatic heterocycles. The first kappa shape index (κ1) is 9.26. The molecule has 5 N–H and O–H groups in total. The van der Waals surface area contributed by atoms with Gasteiger partial charge in [0, 0.05) is 11.6 Å². The number of anilines is 2. The largest absolute Gasteiger partial charge is 0.508 e. The third-order valence-corrected chi connectivity index (χ3v) is 1.93. The Morgan fingerprint density at radius 1 is 1.00 bits per heavy atom. The number of hydrogen-bond donors (Lipinski definition) is 3. The van der Waals surface area contributed by atoms with Crippen LogP contribution in [-0.4, -0.2) is 15.1 Å². The molecule has 2 aromatic rings. The van der Waals surface area contributed by atoms with Crippen LogP contribution in [0.5, 0.6) is 5.75 Å². The third kappa shape index (κ3) is 1.96. The molecule has 0 unspecified atom stereocenters. The van der Waals surface area contributed by atoms with Gasteiger partial charge in [-0.1, -0.05) is 0 Å². The van der Waals surface area contributed by atoms with Crippen LogP contribution in [0.2, 0.25) is 0 Å². The minimum absolute atomic E-state index is 0.137. The molecule has 0 aliphatic carbocycles. The van der Waals surface area contributed by atoms with E-state index in [4.69, 9.17) is 16.6 Å². The molecule has 0 saturated carbocycles. The van der Waals surface area contributed by atoms with Crippen molar-refractivity contribution in [1.29, 1.82) is 0 Å². The molecule has 0 atom stereocenters. The van der Waals surface area contributed by atoms with E-state index >= 15 is 0 Å². The summed E-state index contributed by atoms with van der Waals surface area (Å²) in [6, 6.07) is 8.24. The van der Waals surface area contributed by atoms with Gasteiger partial charge in [-0.3, -0.25) is 0 Å². The van der Waals surface area contributed by atoms with Crippen molar-refractivity contribution in [2.24, 2.45) is 0 Å². The summed E-state index contributed by atoms with van der Waals surface area (Å²) in [6.07, 6.45) is 0. The molecule has 0 amide bonds. The number of rotatable bonds is 1. The van der Waals surface area contributed by atoms with Gasteiger partial charge in [-0.05, 0) is 24.3 Å². The van der Waals surface area contributed by atoms with E-state index in [1.165, 1.54) is 0 Å². The normalized spacial score (nSPS) is 10.1. The zero-order valence-corrected chi connectivity index (χ0v) is 7.88. The molecule has 0 fully saturated rings. The molecule has 0 radical (unpaired) electrons. The monoisotopic (exact) mass is 202 g/mol. The fraction of sp³-hybridized carbons (Fsp3) is 0. The maximum atomic E-state index is 9.13. The van der Waals surface area contributed by atoms with E-state index in [9.17, 15) is 0 Å². The van der Waals surface area contributed by atoms with Crippen molar-refractivity contribution in [3.63, 3.8) is 0 Å². The Labute approximate surface area is 86.4 Å². The Kier molecular flexibility index (Phi) is 2.13. The fourth-order valence-corrected chi connectivity index (χ4v) is 1.27. The Morgan fingerprint density at radius 2 is 1.67 bits per heavy atom. The Hall–Kier alpha value is -2.30. The quantitative estimate of drug-likeness (QED) is 0.641. The number of hydrogen-bond acceptors (Lipinski definition) is 5. The minimum atomic E-state index is 0.137. The zero-order chi connectivity index (χ0) is 10.8. The molecule has 0 saturated heterocycles. The lowest BCUT2D eigenvalue weighted by molar-refractivity contribution is 0.475. The Bertz CT molecular complexity index is 461. The number of phenolic OH excluding ortho intramolecular Hbond substituents is 1. The lowest BCUT2D eigenvalue weighted by atomic mass is 10.1. The highest BCUT2D eigenvalue weighted by atomic mass is 16.3. The van der Waals surface area contributed by atoms with Gasteiger partial charge in [0.15, 0.2) is 0 Å². The lowest BCUT2D eigenvalue weighted by Crippen LogP contribution is -2.00. The predicted octanol–water partition coefficient (Wildman–Crippen LogP) is 1.01. The first-order valence-corrected chi connectivity index (χ1v) is 4.34. The van der Waals surface area contributed by atoms with E-state index < -0.39 is 0 Å². The summed E-state index contributed by atoms with van der Waals surface area (Å²) in [5.41, 5.74) is 12.5. The summed E-state index contributed by atoms with van der Waals surface area (Å²) in [6.45, 7) is 0. The highest BCUT2D eigenvalue weighted by Crippen LogP contribution is 2.21. The molecule has 2 rings (SSSR count). The second-order valence-corrected chi connectivity index (χ2v) is 3.08. The summed E-state index contributed by atoms with van der Waals surface area (Å²) in [5, 5.41) is 9.13. The molecule has 76 valence electrons. The molecule has 1 aromatic heterocycles. The van der Waals surface area contributed by atoms with E-state index in [2.05, 4.69) is 9.97 Å². The fourth-order valence-electron chi connectivity index (χ4n) is 1.27. The van der Waals surface area contributed by atoms with Gasteiger partial charge in [0.25, 0.3) is 0 Å². The van der Waals surface area contributed by atoms with E-state index in [0.717, 1.165) is 5.56 Å². The standard InChI is InChI=1S/C10H10N4O/c11-9-5-8(13-10(12)14-9)6-1-3-7(15)4-2-6/h1-5,15H,(H4,11,12,13,14). The van der Waals surface area contributed by atoms with Gasteiger partial charge in [-0.15, -0.1) is 0 Å². The smallest absolute Gasteiger partial charge is 0.222 e. The molecule has 1 aromatic carbocycles. The van der Waals surface area contributed by atoms with Crippen LogP contribution in [0.25, 0.3) is 11.3 Å². The van der Waals surface area contributed by atoms with Crippen LogP contribution in [-0.2, 0) is 0 Å². The minimum Gasteiger partial charge on any atom is -0.508 e. The zero-order valence-electron chi connectivity index (χ0n) is 7.88. The number of nitrogens with two attached hydrogens (primary N) is 2. The maximum Gasteiger partial charge on any atom is 0.222 e. The second-order valence-electron chi connectivity index (χ2n) is 3.08. The second kappa shape index (κ2) is 3.45. The molecule has 15 heavy (non-hydrogen) atoms. The number of nitrogen functional groups attached to an aromatic ring is 2. The first-order chi connectivity index (χ1) is 7.15. The number of phenols is 1. The summed E-state index contributed by atoms with van der Waals surface area (Å²) < 4.78 is 0. The van der Waals surface area contributed by atoms with Crippen LogP contribution in [0.1, 0.15) is 0 Å². The van der Waals surface area contributed by atoms with Gasteiger partial charge in [0.05, 0.1) is 5.69 Å². The summed E-state index contributed by atoms with van der Waals surface area (Å²) in [5.74, 6) is 0.664. The van der Waals surface area contributed by atoms with E-state index in [1.54, 1.807) is 30.3 Å². The number of aromatic nitrogens is 2. The van der Waals surface area contributed by atoms with E-state index in [1.807, 2.05) is 0 Å². The number of aromatic hydroxyl groups is 1. The number of nitrogens with zero attached hydrogens (tertiary/aromatic N) is 2. The van der Waals surface area contributed by atoms with Crippen molar-refractivity contribution >= 4 is 11.8 Å². The van der Waals surface area contributed by atoms with Crippen molar-refractivity contribution in [3.05, 3.63) is 30.3 Å². The maximum absolute atomic E-state index is 9.13. The Balaban J connectivity index is 2.49. The van der Waals surface area contributed by atoms with Gasteiger partial charge in [0.1, 0.15) is 11.6 Å². The molecule has 1 heterocycles. The highest BCUT2D eigenvalue weighted by Gasteiger charge is 2.02. The Morgan fingerprint density at radius 3 is 2.27 bits per heavy atom. The van der Waals surface area contributed by atoms with Gasteiger partial charge in [-0.2, -0.15) is 4.98 Å². The first-order valence-electron chi connectivity index (χ1n) is 4.34. The van der Waals surface area contributed by atoms with Crippen molar-refractivity contribution in [2.75, 3.05) is 11.5 Å². The third-order valence-electron chi connectivity index (χ3n) is 1.93. The van der Waals surface area contributed by atoms with Crippen LogP contribution in [0.4, 0.5) is 11.8 Å². The van der Waals surface area contributed by atoms with Crippen LogP contribution >= 0.6 is 0 Å². The van der Waals surface area contributed by atoms with Crippen LogP contribution in [0.3, 0.4) is 0 Å². The molecule has 0 bridgehead atoms. The van der Waals surface area contributed by atoms with Crippen molar-refractivity contribution in [2.45, 2.75) is 0 Å².